The molecule has 0 radical (unpaired) electrons. The van der Waals surface area contributed by atoms with Gasteiger partial charge in [0.1, 0.15) is 5.82 Å². The van der Waals surface area contributed by atoms with Gasteiger partial charge in [-0.3, -0.25) is 5.10 Å². The number of aromatic nitrogens is 2. The Balaban J connectivity index is 1.95. The lowest BCUT2D eigenvalue weighted by atomic mass is 10.1. The smallest absolute Gasteiger partial charge is 0.162 e. The molecule has 0 bridgehead atoms. The maximum absolute atomic E-state index is 5.83. The number of hydrogen-bond acceptors (Lipinski definition) is 4. The van der Waals surface area contributed by atoms with E-state index < -0.39 is 0 Å². The second-order valence-electron chi connectivity index (χ2n) is 4.39. The first-order valence-electron chi connectivity index (χ1n) is 5.92. The molecule has 3 N–H and O–H groups in total. The molecule has 3 rings (SSSR count). The van der Waals surface area contributed by atoms with Gasteiger partial charge < -0.3 is 15.2 Å². The van der Waals surface area contributed by atoms with E-state index in [1.165, 1.54) is 0 Å². The Bertz CT molecular complexity index is 561. The predicted molar refractivity (Wildman–Crippen MR) is 68.6 cm³/mol. The lowest BCUT2D eigenvalue weighted by Gasteiger charge is -2.11. The van der Waals surface area contributed by atoms with Gasteiger partial charge in [-0.05, 0) is 31.0 Å². The van der Waals surface area contributed by atoms with Crippen LogP contribution in [0.25, 0.3) is 11.3 Å². The lowest BCUT2D eigenvalue weighted by Crippen LogP contribution is -1.98. The number of ether oxygens (including phenoxy) is 2. The van der Waals surface area contributed by atoms with Gasteiger partial charge in [-0.15, -0.1) is 0 Å². The van der Waals surface area contributed by atoms with E-state index in [0.29, 0.717) is 11.9 Å². The normalized spacial score (nSPS) is 14.5. The standard InChI is InChI=1S/C13H15N3O2/c1-17-11-5-2-8(10-7-13(14)16-15-10)6-12(11)18-9-3-4-9/h2,5-7,9H,3-4H2,1H3,(H3,14,15,16). The summed E-state index contributed by atoms with van der Waals surface area (Å²) >= 11 is 0. The Morgan fingerprint density at radius 1 is 1.28 bits per heavy atom. The maximum atomic E-state index is 5.83. The largest absolute Gasteiger partial charge is 0.493 e. The molecule has 94 valence electrons. The molecule has 2 aromatic rings. The van der Waals surface area contributed by atoms with Crippen molar-refractivity contribution in [2.45, 2.75) is 18.9 Å². The van der Waals surface area contributed by atoms with Crippen molar-refractivity contribution in [2.75, 3.05) is 12.8 Å². The zero-order valence-corrected chi connectivity index (χ0v) is 10.1. The number of hydrogen-bond donors (Lipinski definition) is 2. The van der Waals surface area contributed by atoms with Crippen LogP contribution in [0, 0.1) is 0 Å². The molecule has 1 aromatic heterocycles. The van der Waals surface area contributed by atoms with E-state index >= 15 is 0 Å². The molecule has 1 aliphatic carbocycles. The fourth-order valence-electron chi connectivity index (χ4n) is 1.79. The van der Waals surface area contributed by atoms with Crippen LogP contribution >= 0.6 is 0 Å². The van der Waals surface area contributed by atoms with Crippen molar-refractivity contribution < 1.29 is 9.47 Å². The first-order valence-corrected chi connectivity index (χ1v) is 5.92. The maximum Gasteiger partial charge on any atom is 0.162 e. The highest BCUT2D eigenvalue weighted by atomic mass is 16.5. The molecule has 0 saturated heterocycles. The number of nitrogens with zero attached hydrogens (tertiary/aromatic N) is 1. The number of methoxy groups -OCH3 is 1. The number of rotatable bonds is 4. The van der Waals surface area contributed by atoms with Gasteiger partial charge in [0, 0.05) is 11.6 Å². The van der Waals surface area contributed by atoms with E-state index in [2.05, 4.69) is 10.2 Å². The molecule has 0 amide bonds. The molecule has 1 heterocycles. The Morgan fingerprint density at radius 3 is 2.72 bits per heavy atom. The summed E-state index contributed by atoms with van der Waals surface area (Å²) in [5.74, 6) is 1.99. The van der Waals surface area contributed by atoms with Crippen LogP contribution in [0.3, 0.4) is 0 Å². The van der Waals surface area contributed by atoms with Gasteiger partial charge in [0.15, 0.2) is 11.5 Å². The van der Waals surface area contributed by atoms with Crippen LogP contribution in [-0.4, -0.2) is 23.4 Å². The Kier molecular flexibility index (Phi) is 2.59. The van der Waals surface area contributed by atoms with Crippen molar-refractivity contribution in [3.63, 3.8) is 0 Å². The summed E-state index contributed by atoms with van der Waals surface area (Å²) in [6.45, 7) is 0. The summed E-state index contributed by atoms with van der Waals surface area (Å²) in [6, 6.07) is 7.59. The zero-order chi connectivity index (χ0) is 12.5. The monoisotopic (exact) mass is 245 g/mol. The second-order valence-corrected chi connectivity index (χ2v) is 4.39. The average molecular weight is 245 g/mol. The van der Waals surface area contributed by atoms with Crippen LogP contribution in [0.2, 0.25) is 0 Å². The number of nitrogen functional groups attached to an aromatic ring is 1. The molecule has 0 spiro atoms. The van der Waals surface area contributed by atoms with Crippen molar-refractivity contribution in [1.29, 1.82) is 0 Å². The minimum absolute atomic E-state index is 0.334. The van der Waals surface area contributed by atoms with Crippen molar-refractivity contribution in [1.82, 2.24) is 10.2 Å². The predicted octanol–water partition coefficient (Wildman–Crippen LogP) is 2.21. The molecule has 0 atom stereocenters. The highest BCUT2D eigenvalue weighted by molar-refractivity contribution is 5.65. The molecule has 1 aliphatic rings. The van der Waals surface area contributed by atoms with E-state index in [4.69, 9.17) is 15.2 Å². The molecule has 1 aromatic carbocycles. The molecule has 5 heteroatoms. The number of H-pyrrole nitrogens is 1. The Labute approximate surface area is 105 Å². The summed E-state index contributed by atoms with van der Waals surface area (Å²) in [7, 11) is 1.64. The summed E-state index contributed by atoms with van der Waals surface area (Å²) < 4.78 is 11.1. The van der Waals surface area contributed by atoms with E-state index in [9.17, 15) is 0 Å². The van der Waals surface area contributed by atoms with E-state index in [0.717, 1.165) is 35.6 Å². The molecular formula is C13H15N3O2. The fraction of sp³-hybridized carbons (Fsp3) is 0.308. The van der Waals surface area contributed by atoms with Crippen molar-refractivity contribution in [2.24, 2.45) is 0 Å². The number of aromatic amines is 1. The van der Waals surface area contributed by atoms with Crippen molar-refractivity contribution in [3.05, 3.63) is 24.3 Å². The third-order valence-corrected chi connectivity index (χ3v) is 2.89. The fourth-order valence-corrected chi connectivity index (χ4v) is 1.79. The van der Waals surface area contributed by atoms with Crippen LogP contribution in [0.4, 0.5) is 5.82 Å². The molecule has 5 nitrogen and oxygen atoms in total. The van der Waals surface area contributed by atoms with Gasteiger partial charge in [0.2, 0.25) is 0 Å². The minimum atomic E-state index is 0.334. The minimum Gasteiger partial charge on any atom is -0.493 e. The van der Waals surface area contributed by atoms with Crippen molar-refractivity contribution >= 4 is 5.82 Å². The third-order valence-electron chi connectivity index (χ3n) is 2.89. The first-order chi connectivity index (χ1) is 8.76. The van der Waals surface area contributed by atoms with Crippen molar-refractivity contribution in [3.8, 4) is 22.8 Å². The summed E-state index contributed by atoms with van der Waals surface area (Å²) in [4.78, 5) is 0. The summed E-state index contributed by atoms with van der Waals surface area (Å²) in [5.41, 5.74) is 7.46. The quantitative estimate of drug-likeness (QED) is 0.866. The van der Waals surface area contributed by atoms with Gasteiger partial charge in [0.25, 0.3) is 0 Å². The highest BCUT2D eigenvalue weighted by Gasteiger charge is 2.25. The lowest BCUT2D eigenvalue weighted by molar-refractivity contribution is 0.282. The van der Waals surface area contributed by atoms with E-state index in [1.54, 1.807) is 13.2 Å². The molecule has 0 aliphatic heterocycles. The Hall–Kier alpha value is -2.17. The number of nitrogens with two attached hydrogens (primary N) is 1. The molecule has 18 heavy (non-hydrogen) atoms. The van der Waals surface area contributed by atoms with Crippen LogP contribution in [0.1, 0.15) is 12.8 Å². The number of nitrogens with one attached hydrogen (secondary N) is 1. The number of anilines is 1. The van der Waals surface area contributed by atoms with Gasteiger partial charge in [-0.1, -0.05) is 0 Å². The van der Waals surface area contributed by atoms with Gasteiger partial charge in [-0.25, -0.2) is 0 Å². The number of benzene rings is 1. The Morgan fingerprint density at radius 2 is 2.11 bits per heavy atom. The van der Waals surface area contributed by atoms with Crippen LogP contribution < -0.4 is 15.2 Å². The third kappa shape index (κ3) is 2.11. The first kappa shape index (κ1) is 11.0. The molecule has 1 saturated carbocycles. The SMILES string of the molecule is COc1ccc(-c2cc(N)n[nH]2)cc1OC1CC1. The van der Waals surface area contributed by atoms with E-state index in [-0.39, 0.29) is 0 Å². The van der Waals surface area contributed by atoms with E-state index in [1.807, 2.05) is 18.2 Å². The zero-order valence-electron chi connectivity index (χ0n) is 10.1. The highest BCUT2D eigenvalue weighted by Crippen LogP contribution is 2.36. The summed E-state index contributed by atoms with van der Waals surface area (Å²) in [6.07, 6.45) is 2.57. The van der Waals surface area contributed by atoms with Gasteiger partial charge >= 0.3 is 0 Å². The van der Waals surface area contributed by atoms with Crippen LogP contribution in [-0.2, 0) is 0 Å². The summed E-state index contributed by atoms with van der Waals surface area (Å²) in [5, 5.41) is 6.80. The molecule has 1 fully saturated rings. The van der Waals surface area contributed by atoms with Gasteiger partial charge in [0.05, 0.1) is 18.9 Å². The van der Waals surface area contributed by atoms with Crippen LogP contribution in [0.5, 0.6) is 11.5 Å². The molecular weight excluding hydrogens is 230 g/mol. The average Bonchev–Trinajstić information content (AvgIpc) is 3.08. The second kappa shape index (κ2) is 4.25. The van der Waals surface area contributed by atoms with Crippen LogP contribution in [0.15, 0.2) is 24.3 Å². The van der Waals surface area contributed by atoms with Gasteiger partial charge in [-0.2, -0.15) is 5.10 Å². The topological polar surface area (TPSA) is 73.2 Å². The molecule has 0 unspecified atom stereocenters.